The van der Waals surface area contributed by atoms with Gasteiger partial charge in [0.15, 0.2) is 0 Å². The van der Waals surface area contributed by atoms with E-state index < -0.39 is 41.9 Å². The van der Waals surface area contributed by atoms with Crippen LogP contribution in [-0.2, 0) is 35.0 Å². The molecule has 232 valence electrons. The first-order valence-electron chi connectivity index (χ1n) is 14.7. The molecule has 1 aromatic carbocycles. The summed E-state index contributed by atoms with van der Waals surface area (Å²) in [5.74, 6) is -1.56. The van der Waals surface area contributed by atoms with Crippen molar-refractivity contribution in [1.82, 2.24) is 20.5 Å². The molecule has 3 amide bonds. The fourth-order valence-corrected chi connectivity index (χ4v) is 5.07. The third-order valence-corrected chi connectivity index (χ3v) is 7.48. The quantitative estimate of drug-likeness (QED) is 0.339. The molecule has 2 aromatic rings. The molecule has 11 heteroatoms. The molecule has 4 atom stereocenters. The van der Waals surface area contributed by atoms with Gasteiger partial charge in [0.25, 0.3) is 0 Å². The summed E-state index contributed by atoms with van der Waals surface area (Å²) in [7, 11) is 1.28. The number of aryl methyl sites for hydroxylation is 1. The smallest absolute Gasteiger partial charge is 0.412 e. The van der Waals surface area contributed by atoms with Crippen LogP contribution in [0, 0.1) is 12.8 Å². The van der Waals surface area contributed by atoms with Crippen LogP contribution in [0.3, 0.4) is 0 Å². The number of benzene rings is 1. The Morgan fingerprint density at radius 3 is 2.60 bits per heavy atom. The molecule has 2 heterocycles. The molecule has 3 N–H and O–H groups in total. The molecule has 1 aliphatic rings. The van der Waals surface area contributed by atoms with Crippen molar-refractivity contribution in [1.29, 1.82) is 0 Å². The number of rotatable bonds is 11. The summed E-state index contributed by atoms with van der Waals surface area (Å²) in [6.07, 6.45) is 2.53. The highest BCUT2D eigenvalue weighted by Gasteiger charge is 2.33. The number of nitrogens with zero attached hydrogens (tertiary/aromatic N) is 1. The second-order valence-corrected chi connectivity index (χ2v) is 11.9. The minimum absolute atomic E-state index is 0.0203. The maximum absolute atomic E-state index is 13.6. The third-order valence-electron chi connectivity index (χ3n) is 7.48. The Morgan fingerprint density at radius 1 is 1.19 bits per heavy atom. The number of aromatic nitrogens is 1. The number of carbonyl (C=O) groups excluding carboxylic acids is 4. The van der Waals surface area contributed by atoms with Crippen LogP contribution in [0.2, 0.25) is 0 Å². The molecule has 3 rings (SSSR count). The number of nitrogens with one attached hydrogen (secondary N) is 3. The predicted octanol–water partition coefficient (Wildman–Crippen LogP) is 3.97. The second kappa shape index (κ2) is 14.5. The summed E-state index contributed by atoms with van der Waals surface area (Å²) < 4.78 is 16.3. The Kier molecular flexibility index (Phi) is 11.4. The lowest BCUT2D eigenvalue weighted by molar-refractivity contribution is -0.147. The highest BCUT2D eigenvalue weighted by Crippen LogP contribution is 2.24. The average molecular weight is 587 g/mol. The number of methoxy groups -OCH3 is 1. The first-order chi connectivity index (χ1) is 19.8. The van der Waals surface area contributed by atoms with Gasteiger partial charge in [0, 0.05) is 42.9 Å². The lowest BCUT2D eigenvalue weighted by Gasteiger charge is -2.36. The molecular weight excluding hydrogens is 540 g/mol. The molecular formula is C31H46N4O7. The molecule has 0 aliphatic carbocycles. The number of H-pyrrole nitrogens is 1. The molecule has 0 spiro atoms. The van der Waals surface area contributed by atoms with E-state index in [1.54, 1.807) is 20.8 Å². The molecule has 0 saturated carbocycles. The van der Waals surface area contributed by atoms with Crippen molar-refractivity contribution in [3.8, 4) is 0 Å². The topological polar surface area (TPSA) is 139 Å². The Hall–Kier alpha value is -3.60. The molecule has 2 unspecified atom stereocenters. The van der Waals surface area contributed by atoms with Gasteiger partial charge in [-0.25, -0.2) is 9.59 Å². The highest BCUT2D eigenvalue weighted by molar-refractivity contribution is 5.92. The van der Waals surface area contributed by atoms with Gasteiger partial charge in [0.2, 0.25) is 11.8 Å². The van der Waals surface area contributed by atoms with Gasteiger partial charge in [-0.1, -0.05) is 32.4 Å². The van der Waals surface area contributed by atoms with Crippen molar-refractivity contribution >= 4 is 34.8 Å². The number of aromatic amines is 1. The summed E-state index contributed by atoms with van der Waals surface area (Å²) in [4.78, 5) is 56.8. The fraction of sp³-hybridized carbons (Fsp3) is 0.613. The van der Waals surface area contributed by atoms with E-state index in [0.717, 1.165) is 22.0 Å². The van der Waals surface area contributed by atoms with Crippen molar-refractivity contribution in [2.24, 2.45) is 5.92 Å². The Bertz CT molecular complexity index is 1250. The van der Waals surface area contributed by atoms with Crippen molar-refractivity contribution < 1.29 is 33.4 Å². The zero-order valence-corrected chi connectivity index (χ0v) is 25.9. The lowest BCUT2D eigenvalue weighted by atomic mass is 9.97. The molecule has 1 aliphatic heterocycles. The first-order valence-corrected chi connectivity index (χ1v) is 14.7. The number of hydrogen-bond donors (Lipinski definition) is 3. The lowest BCUT2D eigenvalue weighted by Crippen LogP contribution is -2.54. The Labute approximate surface area is 248 Å². The van der Waals surface area contributed by atoms with E-state index in [0.29, 0.717) is 26.0 Å². The molecule has 1 aromatic heterocycles. The summed E-state index contributed by atoms with van der Waals surface area (Å²) in [6.45, 7) is 12.1. The molecule has 1 fully saturated rings. The number of carbonyl (C=O) groups is 4. The first kappa shape index (κ1) is 32.9. The zero-order valence-electron chi connectivity index (χ0n) is 25.9. The van der Waals surface area contributed by atoms with Crippen LogP contribution < -0.4 is 10.6 Å². The van der Waals surface area contributed by atoms with Crippen LogP contribution >= 0.6 is 0 Å². The van der Waals surface area contributed by atoms with E-state index >= 15 is 0 Å². The van der Waals surface area contributed by atoms with Gasteiger partial charge in [0.1, 0.15) is 23.9 Å². The van der Waals surface area contributed by atoms with E-state index in [-0.39, 0.29) is 31.1 Å². The van der Waals surface area contributed by atoms with Gasteiger partial charge < -0.3 is 29.8 Å². The number of esters is 1. The molecule has 1 saturated heterocycles. The van der Waals surface area contributed by atoms with Gasteiger partial charge in [-0.2, -0.15) is 0 Å². The Balaban J connectivity index is 1.77. The molecule has 0 radical (unpaired) electrons. The zero-order chi connectivity index (χ0) is 31.0. The summed E-state index contributed by atoms with van der Waals surface area (Å²) in [5, 5.41) is 6.67. The van der Waals surface area contributed by atoms with Crippen LogP contribution in [0.5, 0.6) is 0 Å². The van der Waals surface area contributed by atoms with Crippen LogP contribution in [0.25, 0.3) is 10.9 Å². The van der Waals surface area contributed by atoms with E-state index in [1.165, 1.54) is 12.0 Å². The second-order valence-electron chi connectivity index (χ2n) is 11.9. The van der Waals surface area contributed by atoms with Gasteiger partial charge >= 0.3 is 12.1 Å². The van der Waals surface area contributed by atoms with Crippen molar-refractivity contribution in [2.75, 3.05) is 20.3 Å². The van der Waals surface area contributed by atoms with E-state index in [4.69, 9.17) is 14.2 Å². The summed E-state index contributed by atoms with van der Waals surface area (Å²) >= 11 is 0. The van der Waals surface area contributed by atoms with Crippen molar-refractivity contribution in [3.05, 3.63) is 35.5 Å². The molecule has 42 heavy (non-hydrogen) atoms. The van der Waals surface area contributed by atoms with E-state index in [9.17, 15) is 19.2 Å². The number of hydrogen-bond acceptors (Lipinski definition) is 7. The predicted molar refractivity (Wildman–Crippen MR) is 159 cm³/mol. The summed E-state index contributed by atoms with van der Waals surface area (Å²) in [6, 6.07) is 4.09. The largest absolute Gasteiger partial charge is 0.467 e. The number of ether oxygens (including phenoxy) is 3. The van der Waals surface area contributed by atoms with E-state index in [1.807, 2.05) is 45.2 Å². The van der Waals surface area contributed by atoms with Crippen molar-refractivity contribution in [2.45, 2.75) is 97.6 Å². The van der Waals surface area contributed by atoms with Crippen LogP contribution in [-0.4, -0.2) is 77.9 Å². The minimum Gasteiger partial charge on any atom is -0.467 e. The van der Waals surface area contributed by atoms with Gasteiger partial charge in [-0.15, -0.1) is 0 Å². The monoisotopic (exact) mass is 586 g/mol. The van der Waals surface area contributed by atoms with Crippen molar-refractivity contribution in [3.63, 3.8) is 0 Å². The van der Waals surface area contributed by atoms with E-state index in [2.05, 4.69) is 15.6 Å². The highest BCUT2D eigenvalue weighted by atomic mass is 16.6. The maximum Gasteiger partial charge on any atom is 0.412 e. The average Bonchev–Trinajstić information content (AvgIpc) is 3.36. The fourth-order valence-electron chi connectivity index (χ4n) is 5.07. The number of amides is 3. The Morgan fingerprint density at radius 2 is 1.93 bits per heavy atom. The molecule has 11 nitrogen and oxygen atoms in total. The van der Waals surface area contributed by atoms with Crippen LogP contribution in [0.4, 0.5) is 4.79 Å². The minimum atomic E-state index is -0.957. The third kappa shape index (κ3) is 8.70. The van der Waals surface area contributed by atoms with Crippen LogP contribution in [0.1, 0.15) is 71.4 Å². The van der Waals surface area contributed by atoms with Gasteiger partial charge in [-0.05, 0) is 57.2 Å². The van der Waals surface area contributed by atoms with Gasteiger partial charge in [0.05, 0.1) is 13.7 Å². The number of fused-ring (bicyclic) bond motifs is 1. The summed E-state index contributed by atoms with van der Waals surface area (Å²) in [5.41, 5.74) is 2.18. The standard InChI is InChI=1S/C31H46N4O7/c1-8-19(2)27(29(38)40-7)34-28(37)23(17-21-18-32-22-12-9-11-20(3)26(21)22)33-24(36)13-14-25-35(15-10-16-41-25)30(39)42-31(4,5)6/h9,11-12,18-19,23,25,27,32H,8,10,13-17H2,1-7H3,(H,33,36)(H,34,37)/t19-,23?,25?,27-/m0/s1. The SMILES string of the molecule is CC[C@H](C)[C@H](NC(=O)C(Cc1c[nH]c2cccc(C)c12)NC(=O)CCC1OCCCN1C(=O)OC(C)(C)C)C(=O)OC. The molecule has 0 bridgehead atoms. The maximum atomic E-state index is 13.6. The van der Waals surface area contributed by atoms with Gasteiger partial charge in [-0.3, -0.25) is 14.5 Å². The normalized spacial score (nSPS) is 17.7. The van der Waals surface area contributed by atoms with Crippen LogP contribution in [0.15, 0.2) is 24.4 Å².